The average Bonchev–Trinajstić information content (AvgIpc) is 3.03. The number of nitriles is 1. The van der Waals surface area contributed by atoms with E-state index in [-0.39, 0.29) is 0 Å². The molecule has 1 aliphatic rings. The van der Waals surface area contributed by atoms with E-state index >= 15 is 0 Å². The summed E-state index contributed by atoms with van der Waals surface area (Å²) in [4.78, 5) is 0. The van der Waals surface area contributed by atoms with Crippen molar-refractivity contribution in [2.75, 3.05) is 0 Å². The number of nitrogens with zero attached hydrogens (tertiary/aromatic N) is 2. The fourth-order valence-electron chi connectivity index (χ4n) is 3.10. The predicted octanol–water partition coefficient (Wildman–Crippen LogP) is 4.11. The van der Waals surface area contributed by atoms with Gasteiger partial charge in [0.25, 0.3) is 0 Å². The van der Waals surface area contributed by atoms with E-state index in [0.29, 0.717) is 5.56 Å². The Labute approximate surface area is 128 Å². The highest BCUT2D eigenvalue weighted by Gasteiger charge is 2.18. The molecule has 2 aromatic carbocycles. The Morgan fingerprint density at radius 2 is 2.05 bits per heavy atom. The molecule has 0 amide bonds. The Hall–Kier alpha value is -2.80. The Bertz CT molecular complexity index is 889. The van der Waals surface area contributed by atoms with E-state index < -0.39 is 0 Å². The van der Waals surface area contributed by atoms with Gasteiger partial charge in [-0.1, -0.05) is 6.07 Å². The quantitative estimate of drug-likeness (QED) is 0.772. The van der Waals surface area contributed by atoms with Crippen molar-refractivity contribution in [3.63, 3.8) is 0 Å². The highest BCUT2D eigenvalue weighted by atomic mass is 16.5. The van der Waals surface area contributed by atoms with E-state index in [2.05, 4.69) is 22.3 Å². The van der Waals surface area contributed by atoms with Crippen LogP contribution in [0.15, 0.2) is 36.5 Å². The molecule has 1 aliphatic carbocycles. The van der Waals surface area contributed by atoms with Gasteiger partial charge >= 0.3 is 0 Å². The molecule has 0 saturated heterocycles. The van der Waals surface area contributed by atoms with Crippen molar-refractivity contribution < 1.29 is 4.74 Å². The van der Waals surface area contributed by atoms with Crippen molar-refractivity contribution in [1.82, 2.24) is 10.2 Å². The lowest BCUT2D eigenvalue weighted by molar-refractivity contribution is 0.469. The minimum atomic E-state index is 0.602. The van der Waals surface area contributed by atoms with Gasteiger partial charge in [0.05, 0.1) is 17.3 Å². The Morgan fingerprint density at radius 3 is 2.95 bits per heavy atom. The highest BCUT2D eigenvalue weighted by Crippen LogP contribution is 2.36. The second-order valence-electron chi connectivity index (χ2n) is 5.62. The molecule has 0 fully saturated rings. The molecular weight excluding hydrogens is 274 g/mol. The standard InChI is InChI=1S/C18H15N3O/c19-10-13-6-5-12-3-1-2-4-16(12)18(13)22-15-8-7-14-11-20-21-17(14)9-15/h5-9,11H,1-4H2,(H,20,21). The van der Waals surface area contributed by atoms with Gasteiger partial charge in [-0.05, 0) is 55.0 Å². The van der Waals surface area contributed by atoms with Gasteiger partial charge in [0.15, 0.2) is 0 Å². The normalized spacial score (nSPS) is 13.6. The maximum atomic E-state index is 9.39. The summed E-state index contributed by atoms with van der Waals surface area (Å²) >= 11 is 0. The first-order valence-corrected chi connectivity index (χ1v) is 7.51. The number of aromatic nitrogens is 2. The molecule has 0 atom stereocenters. The van der Waals surface area contributed by atoms with E-state index in [1.807, 2.05) is 24.3 Å². The van der Waals surface area contributed by atoms with Crippen LogP contribution in [-0.4, -0.2) is 10.2 Å². The van der Waals surface area contributed by atoms with Crippen LogP contribution in [0.4, 0.5) is 0 Å². The number of aromatic amines is 1. The van der Waals surface area contributed by atoms with Crippen LogP contribution in [-0.2, 0) is 12.8 Å². The minimum Gasteiger partial charge on any atom is -0.456 e. The Morgan fingerprint density at radius 1 is 1.14 bits per heavy atom. The summed E-state index contributed by atoms with van der Waals surface area (Å²) in [7, 11) is 0. The van der Waals surface area contributed by atoms with E-state index in [9.17, 15) is 5.26 Å². The fraction of sp³-hybridized carbons (Fsp3) is 0.222. The first-order valence-electron chi connectivity index (χ1n) is 7.51. The topological polar surface area (TPSA) is 61.7 Å². The van der Waals surface area contributed by atoms with Gasteiger partial charge in [0.1, 0.15) is 17.6 Å². The van der Waals surface area contributed by atoms with Crippen LogP contribution >= 0.6 is 0 Å². The van der Waals surface area contributed by atoms with Crippen molar-refractivity contribution in [1.29, 1.82) is 5.26 Å². The number of rotatable bonds is 2. The lowest BCUT2D eigenvalue weighted by Gasteiger charge is -2.20. The number of ether oxygens (including phenoxy) is 1. The zero-order valence-corrected chi connectivity index (χ0v) is 12.1. The molecule has 0 unspecified atom stereocenters. The largest absolute Gasteiger partial charge is 0.456 e. The summed E-state index contributed by atoms with van der Waals surface area (Å²) in [6.45, 7) is 0. The van der Waals surface area contributed by atoms with Gasteiger partial charge in [0, 0.05) is 11.5 Å². The molecule has 0 spiro atoms. The van der Waals surface area contributed by atoms with Crippen molar-refractivity contribution >= 4 is 10.9 Å². The lowest BCUT2D eigenvalue weighted by Crippen LogP contribution is -2.06. The molecule has 0 aliphatic heterocycles. The number of fused-ring (bicyclic) bond motifs is 2. The van der Waals surface area contributed by atoms with Crippen LogP contribution in [0.5, 0.6) is 11.5 Å². The van der Waals surface area contributed by atoms with Crippen LogP contribution in [0.2, 0.25) is 0 Å². The number of benzene rings is 2. The van der Waals surface area contributed by atoms with E-state index in [1.165, 1.54) is 17.5 Å². The van der Waals surface area contributed by atoms with Crippen molar-refractivity contribution in [3.05, 3.63) is 53.2 Å². The molecule has 22 heavy (non-hydrogen) atoms. The molecule has 4 nitrogen and oxygen atoms in total. The monoisotopic (exact) mass is 289 g/mol. The molecule has 4 rings (SSSR count). The van der Waals surface area contributed by atoms with Crippen LogP contribution in [0, 0.1) is 11.3 Å². The van der Waals surface area contributed by atoms with Crippen molar-refractivity contribution in [2.24, 2.45) is 0 Å². The second-order valence-corrected chi connectivity index (χ2v) is 5.62. The first kappa shape index (κ1) is 12.9. The number of aryl methyl sites for hydroxylation is 1. The molecule has 0 radical (unpaired) electrons. The second kappa shape index (κ2) is 5.19. The van der Waals surface area contributed by atoms with Gasteiger partial charge in [-0.15, -0.1) is 0 Å². The summed E-state index contributed by atoms with van der Waals surface area (Å²) in [6, 6.07) is 12.0. The smallest absolute Gasteiger partial charge is 0.148 e. The molecule has 0 bridgehead atoms. The molecule has 108 valence electrons. The fourth-order valence-corrected chi connectivity index (χ4v) is 3.10. The van der Waals surface area contributed by atoms with E-state index in [1.54, 1.807) is 6.20 Å². The summed E-state index contributed by atoms with van der Waals surface area (Å²) < 4.78 is 6.11. The first-order chi connectivity index (χ1) is 10.8. The van der Waals surface area contributed by atoms with Gasteiger partial charge in [-0.3, -0.25) is 5.10 Å². The average molecular weight is 289 g/mol. The number of hydrogen-bond donors (Lipinski definition) is 1. The minimum absolute atomic E-state index is 0.602. The molecule has 1 heterocycles. The Balaban J connectivity index is 1.79. The van der Waals surface area contributed by atoms with Crippen LogP contribution < -0.4 is 4.74 Å². The number of H-pyrrole nitrogens is 1. The van der Waals surface area contributed by atoms with Crippen LogP contribution in [0.3, 0.4) is 0 Å². The Kier molecular flexibility index (Phi) is 3.05. The highest BCUT2D eigenvalue weighted by molar-refractivity contribution is 5.79. The van der Waals surface area contributed by atoms with Gasteiger partial charge in [0.2, 0.25) is 0 Å². The molecule has 3 aromatic rings. The zero-order valence-electron chi connectivity index (χ0n) is 12.1. The van der Waals surface area contributed by atoms with Gasteiger partial charge in [-0.2, -0.15) is 10.4 Å². The molecule has 1 N–H and O–H groups in total. The van der Waals surface area contributed by atoms with E-state index in [0.717, 1.165) is 41.7 Å². The molecule has 4 heteroatoms. The number of hydrogen-bond acceptors (Lipinski definition) is 3. The molecular formula is C18H15N3O. The third-order valence-electron chi connectivity index (χ3n) is 4.23. The molecule has 1 aromatic heterocycles. The lowest BCUT2D eigenvalue weighted by atomic mass is 9.89. The van der Waals surface area contributed by atoms with Gasteiger partial charge in [-0.25, -0.2) is 0 Å². The maximum absolute atomic E-state index is 9.39. The third-order valence-corrected chi connectivity index (χ3v) is 4.23. The third kappa shape index (κ3) is 2.11. The summed E-state index contributed by atoms with van der Waals surface area (Å²) in [5.41, 5.74) is 4.03. The van der Waals surface area contributed by atoms with Crippen LogP contribution in [0.25, 0.3) is 10.9 Å². The van der Waals surface area contributed by atoms with Crippen molar-refractivity contribution in [2.45, 2.75) is 25.7 Å². The summed E-state index contributed by atoms with van der Waals surface area (Å²) in [5.74, 6) is 1.45. The summed E-state index contributed by atoms with van der Waals surface area (Å²) in [5, 5.41) is 17.4. The maximum Gasteiger partial charge on any atom is 0.148 e. The summed E-state index contributed by atoms with van der Waals surface area (Å²) in [6.07, 6.45) is 6.18. The van der Waals surface area contributed by atoms with Crippen molar-refractivity contribution in [3.8, 4) is 17.6 Å². The molecule has 0 saturated carbocycles. The van der Waals surface area contributed by atoms with Gasteiger partial charge < -0.3 is 4.74 Å². The van der Waals surface area contributed by atoms with Crippen LogP contribution in [0.1, 0.15) is 29.5 Å². The SMILES string of the molecule is N#Cc1ccc2c(c1Oc1ccc3cn[nH]c3c1)CCCC2. The number of nitrogens with one attached hydrogen (secondary N) is 1. The zero-order chi connectivity index (χ0) is 14.9. The van der Waals surface area contributed by atoms with E-state index in [4.69, 9.17) is 4.74 Å². The predicted molar refractivity (Wildman–Crippen MR) is 84.0 cm³/mol.